The van der Waals surface area contributed by atoms with Crippen LogP contribution in [0.15, 0.2) is 35.4 Å². The van der Waals surface area contributed by atoms with Crippen molar-refractivity contribution in [2.45, 2.75) is 18.8 Å². The average molecular weight is 382 g/mol. The molecule has 6 nitrogen and oxygen atoms in total. The predicted octanol–water partition coefficient (Wildman–Crippen LogP) is 2.42. The SMILES string of the molecule is [2H]c1nc(C(=O)Cc2cccc(C3(CF)COCC(N)=N3)n2)c(C([2H])([2H])[2H])c([2H])c1Cl. The molecule has 0 spiro atoms. The Balaban J connectivity index is 1.99. The van der Waals surface area contributed by atoms with Crippen LogP contribution >= 0.6 is 11.6 Å². The smallest absolute Gasteiger partial charge is 0.187 e. The van der Waals surface area contributed by atoms with E-state index in [9.17, 15) is 9.18 Å². The van der Waals surface area contributed by atoms with Crippen LogP contribution < -0.4 is 5.73 Å². The molecule has 1 unspecified atom stereocenters. The van der Waals surface area contributed by atoms with Crippen LogP contribution in [0.2, 0.25) is 5.02 Å². The number of alkyl halides is 1. The second-order valence-corrected chi connectivity index (χ2v) is 6.14. The van der Waals surface area contributed by atoms with Gasteiger partial charge in [-0.1, -0.05) is 17.7 Å². The molecule has 0 bridgehead atoms. The molecule has 2 aromatic heterocycles. The minimum absolute atomic E-state index is 0.0744. The summed E-state index contributed by atoms with van der Waals surface area (Å²) in [5.74, 6) is -0.655. The fourth-order valence-corrected chi connectivity index (χ4v) is 2.71. The molecule has 0 aliphatic carbocycles. The Kier molecular flexibility index (Phi) is 3.70. The number of rotatable bonds is 5. The van der Waals surface area contributed by atoms with Crippen molar-refractivity contribution in [2.24, 2.45) is 10.7 Å². The first-order valence-corrected chi connectivity index (χ1v) is 8.01. The van der Waals surface area contributed by atoms with Gasteiger partial charge in [-0.2, -0.15) is 0 Å². The molecular weight excluding hydrogens is 359 g/mol. The Hall–Kier alpha value is -2.38. The number of nitrogens with zero attached hydrogens (tertiary/aromatic N) is 3. The molecule has 26 heavy (non-hydrogen) atoms. The van der Waals surface area contributed by atoms with Crippen molar-refractivity contribution in [3.05, 3.63) is 58.1 Å². The Morgan fingerprint density at radius 3 is 3.15 bits per heavy atom. The zero-order valence-electron chi connectivity index (χ0n) is 18.6. The number of aromatic nitrogens is 2. The van der Waals surface area contributed by atoms with Crippen molar-refractivity contribution < 1.29 is 20.8 Å². The molecular formula is C18H18ClFN4O2. The van der Waals surface area contributed by atoms with Crippen LogP contribution in [0.3, 0.4) is 0 Å². The number of ether oxygens (including phenoxy) is 1. The quantitative estimate of drug-likeness (QED) is 0.803. The summed E-state index contributed by atoms with van der Waals surface area (Å²) in [6.07, 6.45) is -0.974. The maximum absolute atomic E-state index is 13.9. The zero-order chi connectivity index (χ0) is 23.0. The van der Waals surface area contributed by atoms with E-state index in [2.05, 4.69) is 15.0 Å². The van der Waals surface area contributed by atoms with Crippen LogP contribution in [0.5, 0.6) is 0 Å². The maximum Gasteiger partial charge on any atom is 0.187 e. The third kappa shape index (κ3) is 3.73. The van der Waals surface area contributed by atoms with Crippen LogP contribution in [0.4, 0.5) is 4.39 Å². The topological polar surface area (TPSA) is 90.5 Å². The number of amidine groups is 1. The zero-order valence-corrected chi connectivity index (χ0v) is 14.3. The van der Waals surface area contributed by atoms with Crippen LogP contribution in [-0.4, -0.2) is 41.5 Å². The van der Waals surface area contributed by atoms with Gasteiger partial charge in [-0.3, -0.25) is 19.8 Å². The second-order valence-electron chi connectivity index (χ2n) is 5.76. The first-order valence-electron chi connectivity index (χ1n) is 10.1. The Morgan fingerprint density at radius 1 is 1.58 bits per heavy atom. The lowest BCUT2D eigenvalue weighted by Gasteiger charge is -2.30. The highest BCUT2D eigenvalue weighted by atomic mass is 35.5. The maximum atomic E-state index is 13.9. The van der Waals surface area contributed by atoms with Crippen molar-refractivity contribution in [2.75, 3.05) is 19.9 Å². The van der Waals surface area contributed by atoms with Gasteiger partial charge in [-0.05, 0) is 30.6 Å². The highest BCUT2D eigenvalue weighted by Crippen LogP contribution is 2.28. The lowest BCUT2D eigenvalue weighted by Crippen LogP contribution is -2.42. The molecule has 2 N–H and O–H groups in total. The van der Waals surface area contributed by atoms with Gasteiger partial charge in [-0.15, -0.1) is 0 Å². The fourth-order valence-electron chi connectivity index (χ4n) is 2.58. The number of nitrogens with two attached hydrogens (primary N) is 1. The number of aliphatic imine (C=N–C) groups is 1. The molecule has 2 aromatic rings. The van der Waals surface area contributed by atoms with Gasteiger partial charge in [-0.25, -0.2) is 4.39 Å². The summed E-state index contributed by atoms with van der Waals surface area (Å²) in [5.41, 5.74) is 3.46. The van der Waals surface area contributed by atoms with E-state index in [1.807, 2.05) is 0 Å². The van der Waals surface area contributed by atoms with E-state index < -0.39 is 59.8 Å². The van der Waals surface area contributed by atoms with Crippen molar-refractivity contribution >= 4 is 23.2 Å². The summed E-state index contributed by atoms with van der Waals surface area (Å²) in [7, 11) is 0. The van der Waals surface area contributed by atoms with Gasteiger partial charge in [0.05, 0.1) is 26.5 Å². The Labute approximate surface area is 162 Å². The number of carbonyl (C=O) groups is 1. The number of ketones is 1. The molecule has 3 rings (SSSR count). The third-order valence-electron chi connectivity index (χ3n) is 3.80. The summed E-state index contributed by atoms with van der Waals surface area (Å²) < 4.78 is 57.7. The van der Waals surface area contributed by atoms with E-state index in [-0.39, 0.29) is 30.4 Å². The third-order valence-corrected chi connectivity index (χ3v) is 3.98. The Morgan fingerprint density at radius 2 is 2.42 bits per heavy atom. The molecule has 1 aliphatic heterocycles. The molecule has 1 atom stereocenters. The molecule has 0 fully saturated rings. The van der Waals surface area contributed by atoms with Crippen LogP contribution in [0.1, 0.15) is 34.3 Å². The molecule has 0 saturated carbocycles. The van der Waals surface area contributed by atoms with Gasteiger partial charge in [0.15, 0.2) is 11.3 Å². The standard InChI is InChI=1S/C18H18ClFN4O2/c1-11-5-12(19)7-22-17(11)14(25)6-13-3-2-4-15(23-13)18(9-20)10-26-8-16(21)24-18/h2-5,7H,6,8-10H2,1H3,(H2,21,24)/i1D3,5D,7D. The molecule has 3 heterocycles. The van der Waals surface area contributed by atoms with Crippen molar-refractivity contribution in [1.29, 1.82) is 0 Å². The van der Waals surface area contributed by atoms with E-state index in [4.69, 9.17) is 28.9 Å². The van der Waals surface area contributed by atoms with Gasteiger partial charge in [0.1, 0.15) is 24.8 Å². The molecule has 8 heteroatoms. The molecule has 0 radical (unpaired) electrons. The normalized spacial score (nSPS) is 23.2. The number of pyridine rings is 2. The molecule has 0 saturated heterocycles. The van der Waals surface area contributed by atoms with E-state index in [0.29, 0.717) is 0 Å². The van der Waals surface area contributed by atoms with E-state index >= 15 is 0 Å². The van der Waals surface area contributed by atoms with Crippen molar-refractivity contribution in [3.8, 4) is 0 Å². The summed E-state index contributed by atoms with van der Waals surface area (Å²) in [6, 6.07) is 3.93. The summed E-state index contributed by atoms with van der Waals surface area (Å²) in [5, 5.41) is -0.458. The predicted molar refractivity (Wildman–Crippen MR) is 96.3 cm³/mol. The second kappa shape index (κ2) is 7.47. The number of halogens is 2. The minimum atomic E-state index is -2.84. The number of carbonyl (C=O) groups excluding carboxylic acids is 1. The summed E-state index contributed by atoms with van der Waals surface area (Å²) in [4.78, 5) is 25.0. The average Bonchev–Trinajstić information content (AvgIpc) is 2.70. The highest BCUT2D eigenvalue weighted by Gasteiger charge is 2.37. The summed E-state index contributed by atoms with van der Waals surface area (Å²) >= 11 is 5.79. The van der Waals surface area contributed by atoms with E-state index in [0.717, 1.165) is 0 Å². The molecule has 0 amide bonds. The minimum Gasteiger partial charge on any atom is -0.385 e. The fraction of sp³-hybridized carbons (Fsp3) is 0.333. The molecule has 0 aromatic carbocycles. The van der Waals surface area contributed by atoms with Gasteiger partial charge in [0.25, 0.3) is 0 Å². The number of Topliss-reactive ketones (excluding diaryl/α,β-unsaturated/α-hetero) is 1. The lowest BCUT2D eigenvalue weighted by molar-refractivity contribution is 0.0805. The van der Waals surface area contributed by atoms with Crippen LogP contribution in [0, 0.1) is 6.85 Å². The lowest BCUT2D eigenvalue weighted by atomic mass is 9.96. The van der Waals surface area contributed by atoms with E-state index in [1.165, 1.54) is 12.1 Å². The van der Waals surface area contributed by atoms with Gasteiger partial charge >= 0.3 is 0 Å². The largest absolute Gasteiger partial charge is 0.385 e. The molecule has 1 aliphatic rings. The Bertz CT molecular complexity index is 1070. The number of hydrogen-bond donors (Lipinski definition) is 1. The van der Waals surface area contributed by atoms with Crippen LogP contribution in [0.25, 0.3) is 0 Å². The molecule has 136 valence electrons. The van der Waals surface area contributed by atoms with Crippen LogP contribution in [-0.2, 0) is 16.7 Å². The van der Waals surface area contributed by atoms with Crippen molar-refractivity contribution in [3.63, 3.8) is 0 Å². The highest BCUT2D eigenvalue weighted by molar-refractivity contribution is 6.30. The number of hydrogen-bond acceptors (Lipinski definition) is 6. The van der Waals surface area contributed by atoms with Gasteiger partial charge in [0, 0.05) is 16.0 Å². The van der Waals surface area contributed by atoms with E-state index in [1.54, 1.807) is 6.07 Å². The summed E-state index contributed by atoms with van der Waals surface area (Å²) in [6.45, 7) is -3.78. The monoisotopic (exact) mass is 381 g/mol. The van der Waals surface area contributed by atoms with Crippen molar-refractivity contribution in [1.82, 2.24) is 9.97 Å². The first-order chi connectivity index (χ1) is 14.5. The van der Waals surface area contributed by atoms with Gasteiger partial charge in [0.2, 0.25) is 0 Å². The first kappa shape index (κ1) is 12.9. The van der Waals surface area contributed by atoms with Gasteiger partial charge < -0.3 is 10.5 Å².